The monoisotopic (exact) mass is 193 g/mol. The minimum Gasteiger partial charge on any atom is -0.370 e. The summed E-state index contributed by atoms with van der Waals surface area (Å²) in [5.74, 6) is -0.568. The second kappa shape index (κ2) is 3.45. The maximum atomic E-state index is 10.6. The van der Waals surface area contributed by atoms with Gasteiger partial charge in [-0.25, -0.2) is 0 Å². The van der Waals surface area contributed by atoms with E-state index in [1.807, 2.05) is 0 Å². The first-order valence-electron chi connectivity index (χ1n) is 2.31. The number of alkyl halides is 1. The van der Waals surface area contributed by atoms with Gasteiger partial charge < -0.3 is 11.5 Å². The highest BCUT2D eigenvalue weighted by molar-refractivity contribution is 9.10. The summed E-state index contributed by atoms with van der Waals surface area (Å²) in [5, 5.41) is 0. The van der Waals surface area contributed by atoms with Crippen LogP contribution >= 0.6 is 15.9 Å². The fraction of sp³-hybridized carbons (Fsp3) is 0.500. The molecule has 0 heterocycles. The fourth-order valence-corrected chi connectivity index (χ4v) is 0.319. The highest BCUT2D eigenvalue weighted by Gasteiger charge is 2.05. The largest absolute Gasteiger partial charge is 0.370 e. The lowest BCUT2D eigenvalue weighted by Gasteiger charge is -1.93. The van der Waals surface area contributed by atoms with Gasteiger partial charge in [-0.05, 0) is 6.92 Å². The summed E-state index contributed by atoms with van der Waals surface area (Å²) in [6.07, 6.45) is 0. The lowest BCUT2D eigenvalue weighted by atomic mass is 10.5. The SMILES string of the molecule is CC(Br)C(=O)N=C(N)N. The van der Waals surface area contributed by atoms with Crippen molar-refractivity contribution < 1.29 is 4.79 Å². The Balaban J connectivity index is 3.93. The molecule has 0 fully saturated rings. The Morgan fingerprint density at radius 2 is 2.11 bits per heavy atom. The molecule has 0 spiro atoms. The molecule has 5 heteroatoms. The summed E-state index contributed by atoms with van der Waals surface area (Å²) in [7, 11) is 0. The molecule has 0 rings (SSSR count). The Bertz CT molecular complexity index is 139. The molecule has 4 N–H and O–H groups in total. The summed E-state index contributed by atoms with van der Waals surface area (Å²) >= 11 is 3.00. The molecule has 0 saturated heterocycles. The van der Waals surface area contributed by atoms with Crippen LogP contribution in [0.25, 0.3) is 0 Å². The molecule has 4 nitrogen and oxygen atoms in total. The summed E-state index contributed by atoms with van der Waals surface area (Å²) in [4.78, 5) is 13.5. The van der Waals surface area contributed by atoms with Crippen LogP contribution in [-0.4, -0.2) is 16.7 Å². The molecule has 0 saturated carbocycles. The molecule has 0 aliphatic heterocycles. The van der Waals surface area contributed by atoms with Gasteiger partial charge in [-0.15, -0.1) is 0 Å². The van der Waals surface area contributed by atoms with Gasteiger partial charge in [0.15, 0.2) is 5.96 Å². The third-order valence-corrected chi connectivity index (χ3v) is 0.971. The number of nitrogens with two attached hydrogens (primary N) is 2. The Morgan fingerprint density at radius 1 is 1.67 bits per heavy atom. The van der Waals surface area contributed by atoms with Crippen molar-refractivity contribution in [3.8, 4) is 0 Å². The normalized spacial score (nSPS) is 12.2. The Hall–Kier alpha value is -0.580. The maximum Gasteiger partial charge on any atom is 0.262 e. The van der Waals surface area contributed by atoms with Crippen LogP contribution in [-0.2, 0) is 4.79 Å². The van der Waals surface area contributed by atoms with E-state index >= 15 is 0 Å². The molecule has 0 aromatic rings. The number of carbonyl (C=O) groups is 1. The topological polar surface area (TPSA) is 81.5 Å². The van der Waals surface area contributed by atoms with Crippen molar-refractivity contribution in [2.24, 2.45) is 16.5 Å². The lowest BCUT2D eigenvalue weighted by molar-refractivity contribution is -0.116. The van der Waals surface area contributed by atoms with Gasteiger partial charge in [-0.1, -0.05) is 15.9 Å². The third kappa shape index (κ3) is 3.96. The van der Waals surface area contributed by atoms with Crippen LogP contribution in [0.3, 0.4) is 0 Å². The molecular formula is C4H8BrN3O. The molecule has 0 aromatic carbocycles. The van der Waals surface area contributed by atoms with E-state index in [0.717, 1.165) is 0 Å². The Labute approximate surface area is 61.4 Å². The maximum absolute atomic E-state index is 10.6. The van der Waals surface area contributed by atoms with Gasteiger partial charge in [0.25, 0.3) is 5.91 Å². The van der Waals surface area contributed by atoms with Crippen molar-refractivity contribution in [1.29, 1.82) is 0 Å². The van der Waals surface area contributed by atoms with Crippen LogP contribution < -0.4 is 11.5 Å². The molecule has 0 aliphatic carbocycles. The van der Waals surface area contributed by atoms with Gasteiger partial charge in [-0.2, -0.15) is 4.99 Å². The number of nitrogens with zero attached hydrogens (tertiary/aromatic N) is 1. The smallest absolute Gasteiger partial charge is 0.262 e. The van der Waals surface area contributed by atoms with Gasteiger partial charge in [0.2, 0.25) is 0 Å². The van der Waals surface area contributed by atoms with E-state index in [-0.39, 0.29) is 16.7 Å². The number of guanidine groups is 1. The molecule has 1 atom stereocenters. The van der Waals surface area contributed by atoms with Crippen LogP contribution in [0.1, 0.15) is 6.92 Å². The van der Waals surface area contributed by atoms with Crippen LogP contribution in [0.5, 0.6) is 0 Å². The van der Waals surface area contributed by atoms with Crippen LogP contribution in [0.15, 0.2) is 4.99 Å². The first-order valence-corrected chi connectivity index (χ1v) is 3.23. The van der Waals surface area contributed by atoms with Gasteiger partial charge >= 0.3 is 0 Å². The number of carbonyl (C=O) groups excluding carboxylic acids is 1. The van der Waals surface area contributed by atoms with E-state index in [1.165, 1.54) is 0 Å². The predicted molar refractivity (Wildman–Crippen MR) is 39.2 cm³/mol. The van der Waals surface area contributed by atoms with Crippen molar-refractivity contribution in [1.82, 2.24) is 0 Å². The van der Waals surface area contributed by atoms with E-state index in [1.54, 1.807) is 6.92 Å². The summed E-state index contributed by atoms with van der Waals surface area (Å²) < 4.78 is 0. The minimum atomic E-state index is -0.366. The van der Waals surface area contributed by atoms with Crippen molar-refractivity contribution in [2.75, 3.05) is 0 Å². The first kappa shape index (κ1) is 8.42. The zero-order valence-corrected chi connectivity index (χ0v) is 6.55. The molecule has 9 heavy (non-hydrogen) atoms. The van der Waals surface area contributed by atoms with E-state index in [0.29, 0.717) is 0 Å². The van der Waals surface area contributed by atoms with Gasteiger partial charge in [-0.3, -0.25) is 4.79 Å². The predicted octanol–water partition coefficient (Wildman–Crippen LogP) is -0.430. The summed E-state index contributed by atoms with van der Waals surface area (Å²) in [6, 6.07) is 0. The van der Waals surface area contributed by atoms with Crippen molar-refractivity contribution in [3.63, 3.8) is 0 Å². The fourth-order valence-electron chi connectivity index (χ4n) is 0.216. The number of aliphatic imine (C=N–C) groups is 1. The standard InChI is InChI=1S/C4H8BrN3O/c1-2(5)3(9)8-4(6)7/h2H,1H3,(H4,6,7,8,9). The first-order chi connectivity index (χ1) is 4.04. The van der Waals surface area contributed by atoms with Crippen LogP contribution in [0.2, 0.25) is 0 Å². The molecule has 0 aliphatic rings. The lowest BCUT2D eigenvalue weighted by Crippen LogP contribution is -2.25. The van der Waals surface area contributed by atoms with Crippen LogP contribution in [0, 0.1) is 0 Å². The highest BCUT2D eigenvalue weighted by Crippen LogP contribution is 1.98. The zero-order valence-electron chi connectivity index (χ0n) is 4.97. The van der Waals surface area contributed by atoms with Crippen molar-refractivity contribution in [3.05, 3.63) is 0 Å². The molecular weight excluding hydrogens is 186 g/mol. The second-order valence-corrected chi connectivity index (χ2v) is 2.86. The van der Waals surface area contributed by atoms with Crippen molar-refractivity contribution in [2.45, 2.75) is 11.8 Å². The summed E-state index contributed by atoms with van der Waals surface area (Å²) in [5.41, 5.74) is 9.83. The average molecular weight is 194 g/mol. The summed E-state index contributed by atoms with van der Waals surface area (Å²) in [6.45, 7) is 1.65. The van der Waals surface area contributed by atoms with Gasteiger partial charge in [0, 0.05) is 0 Å². The van der Waals surface area contributed by atoms with Gasteiger partial charge in [0.05, 0.1) is 4.83 Å². The third-order valence-electron chi connectivity index (χ3n) is 0.580. The zero-order chi connectivity index (χ0) is 7.44. The number of hydrogen-bond donors (Lipinski definition) is 2. The molecule has 0 radical (unpaired) electrons. The van der Waals surface area contributed by atoms with Gasteiger partial charge in [0.1, 0.15) is 0 Å². The Morgan fingerprint density at radius 3 is 2.22 bits per heavy atom. The quantitative estimate of drug-likeness (QED) is 0.337. The van der Waals surface area contributed by atoms with E-state index < -0.39 is 0 Å². The molecule has 0 aromatic heterocycles. The Kier molecular flexibility index (Phi) is 3.22. The molecule has 0 bridgehead atoms. The highest BCUT2D eigenvalue weighted by atomic mass is 79.9. The average Bonchev–Trinajstić information content (AvgIpc) is 1.63. The van der Waals surface area contributed by atoms with Crippen molar-refractivity contribution >= 4 is 27.8 Å². The van der Waals surface area contributed by atoms with E-state index in [4.69, 9.17) is 11.5 Å². The molecule has 1 unspecified atom stereocenters. The molecule has 1 amide bonds. The number of halogens is 1. The molecule has 52 valence electrons. The number of rotatable bonds is 1. The second-order valence-electron chi connectivity index (χ2n) is 1.49. The number of hydrogen-bond acceptors (Lipinski definition) is 1. The van der Waals surface area contributed by atoms with Crippen LogP contribution in [0.4, 0.5) is 0 Å². The van der Waals surface area contributed by atoms with E-state index in [2.05, 4.69) is 20.9 Å². The van der Waals surface area contributed by atoms with E-state index in [9.17, 15) is 4.79 Å². The minimum absolute atomic E-state index is 0.202. The number of amides is 1.